The molecule has 9 heteroatoms. The summed E-state index contributed by atoms with van der Waals surface area (Å²) in [5, 5.41) is 9.51. The molecule has 6 rings (SSSR count). The molecule has 0 amide bonds. The molecule has 4 aliphatic rings. The SMILES string of the molecule is CC#CC#CC#CC#CC#CC#CC#CC#CC#CC.COC[C@@H](CC(=O)c1ccc(N=Nc2ccc(SC3C4CC5CC(C4)CC3C5)cc2)cc1)[C@@H](C)OP(C)(=O)O. The maximum atomic E-state index is 12.8. The zero-order valence-electron chi connectivity index (χ0n) is 33.9. The topological polar surface area (TPSA) is 97.5 Å². The number of benzene rings is 2. The number of Topliss-reactive ketones (excluding diaryl/α,β-unsaturated/α-hetero) is 1. The second-order valence-electron chi connectivity index (χ2n) is 14.2. The van der Waals surface area contributed by atoms with Crippen molar-refractivity contribution in [3.8, 4) is 107 Å². The van der Waals surface area contributed by atoms with Crippen LogP contribution in [-0.4, -0.2) is 42.4 Å². The molecule has 4 saturated carbocycles. The summed E-state index contributed by atoms with van der Waals surface area (Å²) in [4.78, 5) is 23.7. The quantitative estimate of drug-likeness (QED) is 0.0994. The highest BCUT2D eigenvalue weighted by molar-refractivity contribution is 8.00. The van der Waals surface area contributed by atoms with E-state index >= 15 is 0 Å². The van der Waals surface area contributed by atoms with Crippen LogP contribution in [0.5, 0.6) is 0 Å². The summed E-state index contributed by atoms with van der Waals surface area (Å²) < 4.78 is 22.0. The van der Waals surface area contributed by atoms with E-state index in [-0.39, 0.29) is 24.7 Å². The number of methoxy groups -OCH3 is 1. The third-order valence-electron chi connectivity index (χ3n) is 9.76. The fraction of sp³-hybridized carbons (Fsp3) is 0.380. The number of ketones is 1. The number of carbonyl (C=O) groups excluding carboxylic acids is 1. The van der Waals surface area contributed by atoms with Crippen LogP contribution in [0, 0.1) is 136 Å². The van der Waals surface area contributed by atoms with Gasteiger partial charge in [0.05, 0.1) is 24.1 Å². The second kappa shape index (κ2) is 24.9. The molecule has 0 heterocycles. The van der Waals surface area contributed by atoms with Crippen LogP contribution in [0.2, 0.25) is 0 Å². The van der Waals surface area contributed by atoms with Crippen LogP contribution in [0.25, 0.3) is 0 Å². The Morgan fingerprint density at radius 3 is 1.51 bits per heavy atom. The zero-order chi connectivity index (χ0) is 42.3. The van der Waals surface area contributed by atoms with Gasteiger partial charge in [-0.2, -0.15) is 10.2 Å². The molecule has 2 aromatic rings. The van der Waals surface area contributed by atoms with E-state index in [2.05, 4.69) is 141 Å². The lowest BCUT2D eigenvalue weighted by Gasteiger charge is -2.54. The number of hydrogen-bond acceptors (Lipinski definition) is 7. The molecule has 4 fully saturated rings. The van der Waals surface area contributed by atoms with Crippen molar-refractivity contribution in [3.63, 3.8) is 0 Å². The van der Waals surface area contributed by atoms with Gasteiger partial charge in [-0.15, -0.1) is 11.8 Å². The number of ether oxygens (including phenoxy) is 1. The molecule has 3 atom stereocenters. The summed E-state index contributed by atoms with van der Waals surface area (Å²) in [6.07, 6.45) is 6.79. The van der Waals surface area contributed by atoms with Gasteiger partial charge in [0, 0.05) is 41.8 Å². The number of nitrogens with zero attached hydrogens (tertiary/aromatic N) is 2. The van der Waals surface area contributed by atoms with Crippen LogP contribution in [-0.2, 0) is 13.8 Å². The van der Waals surface area contributed by atoms with E-state index in [4.69, 9.17) is 9.26 Å². The first-order valence-corrected chi connectivity index (χ1v) is 22.1. The fourth-order valence-electron chi connectivity index (χ4n) is 7.53. The summed E-state index contributed by atoms with van der Waals surface area (Å²) in [6, 6.07) is 15.4. The Kier molecular flexibility index (Phi) is 19.3. The number of thioether (sulfide) groups is 1. The standard InChI is InChI=1S/C30H39N2O5PS.C20H6/c1-19(37-38(3,34)35)25(18-36-2)17-29(33)22-4-6-26(7-5-22)31-32-27-8-10-28(11-9-27)39-30-23-13-20-12-21(15-23)16-24(30)14-20;1-3-5-7-9-11-13-15-17-19-20-18-16-14-12-10-8-6-4-2/h4-11,19-21,23-25,30H,12-18H2,1-3H3,(H,34,35);1-2H3/t19-,20?,21?,23?,24?,25-,30?;/m1./s1. The highest BCUT2D eigenvalue weighted by atomic mass is 32.2. The highest BCUT2D eigenvalue weighted by Gasteiger charge is 2.48. The molecule has 4 aliphatic carbocycles. The summed E-state index contributed by atoms with van der Waals surface area (Å²) in [6.45, 7) is 6.48. The van der Waals surface area contributed by atoms with Gasteiger partial charge in [-0.1, -0.05) is 11.8 Å². The molecule has 296 valence electrons. The predicted molar refractivity (Wildman–Crippen MR) is 236 cm³/mol. The Labute approximate surface area is 355 Å². The first-order chi connectivity index (χ1) is 28.6. The van der Waals surface area contributed by atoms with Gasteiger partial charge >= 0.3 is 7.60 Å². The van der Waals surface area contributed by atoms with E-state index in [1.54, 1.807) is 45.0 Å². The Balaban J connectivity index is 0.000000327. The van der Waals surface area contributed by atoms with Crippen molar-refractivity contribution in [2.45, 2.75) is 75.5 Å². The lowest BCUT2D eigenvalue weighted by Crippen LogP contribution is -2.46. The average Bonchev–Trinajstić information content (AvgIpc) is 3.21. The molecule has 0 saturated heterocycles. The van der Waals surface area contributed by atoms with Crippen LogP contribution >= 0.6 is 19.4 Å². The minimum absolute atomic E-state index is 0.0907. The third-order valence-corrected chi connectivity index (χ3v) is 12.1. The third kappa shape index (κ3) is 16.9. The van der Waals surface area contributed by atoms with Crippen molar-refractivity contribution in [1.82, 2.24) is 0 Å². The number of carbonyl (C=O) groups is 1. The maximum absolute atomic E-state index is 12.8. The van der Waals surface area contributed by atoms with Gasteiger partial charge in [0.25, 0.3) is 0 Å². The molecular weight excluding hydrogens is 772 g/mol. The molecule has 59 heavy (non-hydrogen) atoms. The van der Waals surface area contributed by atoms with Crippen LogP contribution in [0.4, 0.5) is 11.4 Å². The lowest BCUT2D eigenvalue weighted by molar-refractivity contribution is 0.0267. The van der Waals surface area contributed by atoms with Gasteiger partial charge in [-0.3, -0.25) is 9.36 Å². The van der Waals surface area contributed by atoms with E-state index in [9.17, 15) is 14.3 Å². The zero-order valence-corrected chi connectivity index (χ0v) is 35.7. The number of azo groups is 1. The molecule has 1 N–H and O–H groups in total. The largest absolute Gasteiger partial charge is 0.384 e. The van der Waals surface area contributed by atoms with Crippen molar-refractivity contribution >= 4 is 36.5 Å². The Bertz CT molecular complexity index is 2360. The normalized spacial score (nSPS) is 20.4. The first kappa shape index (κ1) is 45.9. The van der Waals surface area contributed by atoms with Crippen molar-refractivity contribution in [1.29, 1.82) is 0 Å². The Morgan fingerprint density at radius 2 is 1.12 bits per heavy atom. The molecule has 4 bridgehead atoms. The monoisotopic (exact) mass is 816 g/mol. The Morgan fingerprint density at radius 1 is 0.712 bits per heavy atom. The molecule has 7 nitrogen and oxygen atoms in total. The summed E-state index contributed by atoms with van der Waals surface area (Å²) in [5.41, 5.74) is 2.01. The minimum Gasteiger partial charge on any atom is -0.384 e. The van der Waals surface area contributed by atoms with Crippen molar-refractivity contribution in [2.75, 3.05) is 20.4 Å². The van der Waals surface area contributed by atoms with Crippen molar-refractivity contribution in [3.05, 3.63) is 54.1 Å². The van der Waals surface area contributed by atoms with E-state index < -0.39 is 13.7 Å². The highest BCUT2D eigenvalue weighted by Crippen LogP contribution is 2.58. The number of rotatable bonds is 12. The van der Waals surface area contributed by atoms with Gasteiger partial charge in [-0.05, 0) is 220 Å². The lowest BCUT2D eigenvalue weighted by atomic mass is 9.56. The van der Waals surface area contributed by atoms with Crippen LogP contribution in [0.15, 0.2) is 63.7 Å². The minimum atomic E-state index is -3.66. The average molecular weight is 817 g/mol. The van der Waals surface area contributed by atoms with E-state index in [1.165, 1.54) is 44.1 Å². The second-order valence-corrected chi connectivity index (χ2v) is 17.3. The van der Waals surface area contributed by atoms with E-state index in [0.717, 1.165) is 41.3 Å². The molecule has 0 spiro atoms. The molecule has 1 unspecified atom stereocenters. The van der Waals surface area contributed by atoms with Crippen LogP contribution < -0.4 is 0 Å². The van der Waals surface area contributed by atoms with Gasteiger partial charge in [0.2, 0.25) is 0 Å². The van der Waals surface area contributed by atoms with E-state index in [1.807, 2.05) is 12.1 Å². The summed E-state index contributed by atoms with van der Waals surface area (Å²) >= 11 is 2.07. The van der Waals surface area contributed by atoms with E-state index in [0.29, 0.717) is 11.3 Å². The van der Waals surface area contributed by atoms with Crippen molar-refractivity contribution in [2.24, 2.45) is 39.8 Å². The summed E-state index contributed by atoms with van der Waals surface area (Å²) in [5.74, 6) is 49.0. The van der Waals surface area contributed by atoms with Gasteiger partial charge in [0.15, 0.2) is 5.78 Å². The van der Waals surface area contributed by atoms with Crippen LogP contribution in [0.1, 0.15) is 69.7 Å². The smallest absolute Gasteiger partial charge is 0.325 e. The van der Waals surface area contributed by atoms with Gasteiger partial charge in [0.1, 0.15) is 0 Å². The molecule has 2 aromatic carbocycles. The van der Waals surface area contributed by atoms with Crippen molar-refractivity contribution < 1.29 is 23.5 Å². The maximum Gasteiger partial charge on any atom is 0.325 e. The van der Waals surface area contributed by atoms with Gasteiger partial charge < -0.3 is 14.2 Å². The van der Waals surface area contributed by atoms with Crippen LogP contribution in [0.3, 0.4) is 0 Å². The first-order valence-electron chi connectivity index (χ1n) is 19.2. The summed E-state index contributed by atoms with van der Waals surface area (Å²) in [7, 11) is -2.13. The molecule has 0 aromatic heterocycles. The predicted octanol–water partition coefficient (Wildman–Crippen LogP) is 9.13. The molecule has 0 aliphatic heterocycles. The number of hydrogen-bond donors (Lipinski definition) is 1. The van der Waals surface area contributed by atoms with Gasteiger partial charge in [-0.25, -0.2) is 0 Å². The fourth-order valence-corrected chi connectivity index (χ4v) is 9.76. The molecular formula is C50H45N2O5PS. The Hall–Kier alpha value is -5.79. The molecule has 0 radical (unpaired) electrons.